The highest BCUT2D eigenvalue weighted by Gasteiger charge is 2.31. The predicted octanol–water partition coefficient (Wildman–Crippen LogP) is 2.08. The molecule has 9 nitrogen and oxygen atoms in total. The van der Waals surface area contributed by atoms with Crippen LogP contribution in [0.4, 0.5) is 18.3 Å². The Morgan fingerprint density at radius 3 is 2.59 bits per heavy atom. The van der Waals surface area contributed by atoms with Crippen molar-refractivity contribution < 1.29 is 32.3 Å². The molecule has 2 rings (SSSR count). The fourth-order valence-corrected chi connectivity index (χ4v) is 3.57. The van der Waals surface area contributed by atoms with Gasteiger partial charge in [0.25, 0.3) is 0 Å². The number of carbonyl (C=O) groups excluding carboxylic acids is 3. The third-order valence-electron chi connectivity index (χ3n) is 4.12. The van der Waals surface area contributed by atoms with Crippen molar-refractivity contribution in [2.75, 3.05) is 25.5 Å². The summed E-state index contributed by atoms with van der Waals surface area (Å²) in [6, 6.07) is 2.90. The van der Waals surface area contributed by atoms with Crippen LogP contribution in [0.5, 0.6) is 5.75 Å². The molecule has 0 unspecified atom stereocenters. The molecule has 32 heavy (non-hydrogen) atoms. The number of halogens is 3. The van der Waals surface area contributed by atoms with Crippen LogP contribution in [0.15, 0.2) is 18.2 Å². The molecule has 0 radical (unpaired) electrons. The van der Waals surface area contributed by atoms with E-state index in [2.05, 4.69) is 20.4 Å². The second-order valence-electron chi connectivity index (χ2n) is 7.45. The molecule has 1 aromatic carbocycles. The van der Waals surface area contributed by atoms with E-state index in [0.29, 0.717) is 16.6 Å². The van der Waals surface area contributed by atoms with Crippen LogP contribution in [-0.2, 0) is 14.4 Å². The Labute approximate surface area is 186 Å². The van der Waals surface area contributed by atoms with E-state index < -0.39 is 35.9 Å². The van der Waals surface area contributed by atoms with Gasteiger partial charge in [-0.05, 0) is 24.5 Å². The number of nitrogens with zero attached hydrogens (tertiary/aromatic N) is 2. The van der Waals surface area contributed by atoms with Crippen LogP contribution in [0, 0.1) is 5.92 Å². The molecule has 13 heteroatoms. The van der Waals surface area contributed by atoms with Crippen LogP contribution in [-0.4, -0.2) is 60.1 Å². The average Bonchev–Trinajstić information content (AvgIpc) is 3.04. The summed E-state index contributed by atoms with van der Waals surface area (Å²) in [5, 5.41) is 5.09. The third-order valence-corrected chi connectivity index (χ3v) is 5.06. The van der Waals surface area contributed by atoms with E-state index in [1.54, 1.807) is 0 Å². The highest BCUT2D eigenvalue weighted by Crippen LogP contribution is 2.31. The van der Waals surface area contributed by atoms with E-state index in [1.807, 2.05) is 13.8 Å². The van der Waals surface area contributed by atoms with Crippen molar-refractivity contribution in [2.24, 2.45) is 11.7 Å². The van der Waals surface area contributed by atoms with Gasteiger partial charge in [0.1, 0.15) is 5.75 Å². The number of ether oxygens (including phenoxy) is 1. The van der Waals surface area contributed by atoms with Crippen LogP contribution in [0.1, 0.15) is 20.3 Å². The number of benzene rings is 1. The van der Waals surface area contributed by atoms with Crippen molar-refractivity contribution in [1.82, 2.24) is 15.2 Å². The zero-order valence-corrected chi connectivity index (χ0v) is 18.5. The van der Waals surface area contributed by atoms with Crippen molar-refractivity contribution in [1.29, 1.82) is 0 Å². The van der Waals surface area contributed by atoms with E-state index in [-0.39, 0.29) is 24.1 Å². The summed E-state index contributed by atoms with van der Waals surface area (Å²) in [5.74, 6) is -1.68. The number of hydrogen-bond donors (Lipinski definition) is 3. The summed E-state index contributed by atoms with van der Waals surface area (Å²) in [6.07, 6.45) is -4.34. The molecule has 0 saturated carbocycles. The lowest BCUT2D eigenvalue weighted by Crippen LogP contribution is -2.46. The molecule has 0 fully saturated rings. The number of hydrogen-bond acceptors (Lipinski definition) is 7. The number of nitrogens with one attached hydrogen (secondary N) is 2. The van der Waals surface area contributed by atoms with Crippen LogP contribution >= 0.6 is 11.3 Å². The lowest BCUT2D eigenvalue weighted by molar-refractivity contribution is -0.274. The molecule has 2 aromatic rings. The normalized spacial score (nSPS) is 12.5. The molecule has 0 bridgehead atoms. The largest absolute Gasteiger partial charge is 0.573 e. The van der Waals surface area contributed by atoms with Gasteiger partial charge in [0, 0.05) is 13.1 Å². The molecule has 176 valence electrons. The Balaban J connectivity index is 1.87. The van der Waals surface area contributed by atoms with E-state index in [1.165, 1.54) is 19.2 Å². The molecular weight excluding hydrogens is 451 g/mol. The van der Waals surface area contributed by atoms with Gasteiger partial charge in [-0.1, -0.05) is 25.2 Å². The summed E-state index contributed by atoms with van der Waals surface area (Å²) in [5.41, 5.74) is 6.13. The first kappa shape index (κ1) is 25.3. The fraction of sp³-hybridized carbons (Fsp3) is 0.474. The first-order valence-electron chi connectivity index (χ1n) is 9.57. The van der Waals surface area contributed by atoms with Crippen molar-refractivity contribution in [3.63, 3.8) is 0 Å². The number of likely N-dealkylation sites (N-methyl/N-ethyl adjacent to an activating group) is 1. The summed E-state index contributed by atoms with van der Waals surface area (Å²) < 4.78 is 41.3. The zero-order chi connectivity index (χ0) is 24.1. The lowest BCUT2D eigenvalue weighted by atomic mass is 10.0. The van der Waals surface area contributed by atoms with Gasteiger partial charge in [0.15, 0.2) is 5.13 Å². The average molecular weight is 475 g/mol. The van der Waals surface area contributed by atoms with Gasteiger partial charge >= 0.3 is 6.36 Å². The van der Waals surface area contributed by atoms with Gasteiger partial charge in [-0.25, -0.2) is 4.98 Å². The molecule has 1 aromatic heterocycles. The number of fused-ring (bicyclic) bond motifs is 1. The maximum Gasteiger partial charge on any atom is 0.573 e. The molecule has 0 aliphatic carbocycles. The number of nitrogens with two attached hydrogens (primary N) is 1. The van der Waals surface area contributed by atoms with E-state index in [9.17, 15) is 27.6 Å². The van der Waals surface area contributed by atoms with Crippen molar-refractivity contribution in [3.05, 3.63) is 18.2 Å². The van der Waals surface area contributed by atoms with Crippen LogP contribution in [0.3, 0.4) is 0 Å². The lowest BCUT2D eigenvalue weighted by Gasteiger charge is -2.18. The SMILES string of the molecule is CC(C)C[C@@H](N)C(=O)NCC(=O)N(C)CC(=O)Nc1nc2ccc(OC(F)(F)F)cc2s1. The third kappa shape index (κ3) is 7.96. The predicted molar refractivity (Wildman–Crippen MR) is 113 cm³/mol. The summed E-state index contributed by atoms with van der Waals surface area (Å²) in [6.45, 7) is 3.22. The smallest absolute Gasteiger partial charge is 0.406 e. The van der Waals surface area contributed by atoms with Crippen molar-refractivity contribution >= 4 is 44.4 Å². The Kier molecular flexibility index (Phi) is 8.38. The van der Waals surface area contributed by atoms with Crippen molar-refractivity contribution in [2.45, 2.75) is 32.7 Å². The van der Waals surface area contributed by atoms with Crippen LogP contribution in [0.2, 0.25) is 0 Å². The summed E-state index contributed by atoms with van der Waals surface area (Å²) >= 11 is 0.959. The van der Waals surface area contributed by atoms with E-state index in [4.69, 9.17) is 5.73 Å². The minimum absolute atomic E-state index is 0.156. The number of anilines is 1. The molecular formula is C19H24F3N5O4S. The summed E-state index contributed by atoms with van der Waals surface area (Å²) in [4.78, 5) is 41.5. The first-order valence-corrected chi connectivity index (χ1v) is 10.4. The molecule has 1 atom stereocenters. The molecule has 1 heterocycles. The van der Waals surface area contributed by atoms with E-state index in [0.717, 1.165) is 22.3 Å². The van der Waals surface area contributed by atoms with Gasteiger partial charge in [-0.15, -0.1) is 13.2 Å². The minimum atomic E-state index is -4.81. The summed E-state index contributed by atoms with van der Waals surface area (Å²) in [7, 11) is 1.39. The molecule has 0 aliphatic rings. The Morgan fingerprint density at radius 2 is 1.97 bits per heavy atom. The molecule has 0 spiro atoms. The van der Waals surface area contributed by atoms with Crippen LogP contribution in [0.25, 0.3) is 10.2 Å². The Morgan fingerprint density at radius 1 is 1.28 bits per heavy atom. The zero-order valence-electron chi connectivity index (χ0n) is 17.7. The Hall–Kier alpha value is -2.93. The Bertz CT molecular complexity index is 980. The van der Waals surface area contributed by atoms with Crippen LogP contribution < -0.4 is 21.1 Å². The number of amides is 3. The topological polar surface area (TPSA) is 127 Å². The number of aromatic nitrogens is 1. The van der Waals surface area contributed by atoms with Gasteiger partial charge in [0.05, 0.1) is 29.3 Å². The standard InChI is InChI=1S/C19H24F3N5O4S/c1-10(2)6-12(23)17(30)24-8-16(29)27(3)9-15(28)26-18-25-13-5-4-11(7-14(13)32-18)31-19(20,21)22/h4-5,7,10,12H,6,8-9,23H2,1-3H3,(H,24,30)(H,25,26,28)/t12-/m1/s1. The van der Waals surface area contributed by atoms with Gasteiger partial charge in [0.2, 0.25) is 17.7 Å². The second kappa shape index (κ2) is 10.6. The number of alkyl halides is 3. The maximum absolute atomic E-state index is 12.3. The van der Waals surface area contributed by atoms with Gasteiger partial charge < -0.3 is 26.0 Å². The van der Waals surface area contributed by atoms with Gasteiger partial charge in [-0.3, -0.25) is 14.4 Å². The minimum Gasteiger partial charge on any atom is -0.406 e. The number of carbonyl (C=O) groups is 3. The molecule has 4 N–H and O–H groups in total. The monoisotopic (exact) mass is 475 g/mol. The maximum atomic E-state index is 12.3. The second-order valence-corrected chi connectivity index (χ2v) is 8.48. The van der Waals surface area contributed by atoms with Gasteiger partial charge in [-0.2, -0.15) is 0 Å². The number of rotatable bonds is 9. The van der Waals surface area contributed by atoms with E-state index >= 15 is 0 Å². The molecule has 0 saturated heterocycles. The quantitative estimate of drug-likeness (QED) is 0.510. The van der Waals surface area contributed by atoms with Crippen molar-refractivity contribution in [3.8, 4) is 5.75 Å². The first-order chi connectivity index (χ1) is 14.8. The highest BCUT2D eigenvalue weighted by molar-refractivity contribution is 7.22. The fourth-order valence-electron chi connectivity index (χ4n) is 2.66. The highest BCUT2D eigenvalue weighted by atomic mass is 32.1. The molecule has 3 amide bonds. The molecule has 0 aliphatic heterocycles. The number of thiazole rings is 1.